The maximum Gasteiger partial charge on any atom is 0.125 e. The molecule has 0 aromatic heterocycles. The van der Waals surface area contributed by atoms with E-state index in [0.29, 0.717) is 6.54 Å². The van der Waals surface area contributed by atoms with Crippen molar-refractivity contribution in [3.63, 3.8) is 0 Å². The third-order valence-corrected chi connectivity index (χ3v) is 5.79. The molecule has 21 heavy (non-hydrogen) atoms. The topological polar surface area (TPSA) is 29.3 Å². The highest BCUT2D eigenvalue weighted by Crippen LogP contribution is 2.36. The Morgan fingerprint density at radius 2 is 1.95 bits per heavy atom. The molecule has 0 spiro atoms. The van der Waals surface area contributed by atoms with E-state index >= 15 is 0 Å². The van der Waals surface area contributed by atoms with Crippen LogP contribution in [0.2, 0.25) is 0 Å². The minimum atomic E-state index is -0.201. The van der Waals surface area contributed by atoms with Gasteiger partial charge in [-0.3, -0.25) is 0 Å². The number of hydrogen-bond donors (Lipinski definition) is 1. The van der Waals surface area contributed by atoms with Gasteiger partial charge >= 0.3 is 0 Å². The maximum atomic E-state index is 13.6. The summed E-state index contributed by atoms with van der Waals surface area (Å²) in [6.07, 6.45) is 0.934. The third kappa shape index (κ3) is 2.87. The van der Waals surface area contributed by atoms with Gasteiger partial charge in [0, 0.05) is 27.7 Å². The first-order valence-corrected chi connectivity index (χ1v) is 8.39. The van der Waals surface area contributed by atoms with Gasteiger partial charge in [0.05, 0.1) is 6.04 Å². The molecule has 2 aromatic carbocycles. The Hall–Kier alpha value is -0.910. The average Bonchev–Trinajstić information content (AvgIpc) is 2.87. The number of hydrogen-bond acceptors (Lipinski definition) is 2. The Morgan fingerprint density at radius 1 is 1.14 bits per heavy atom. The van der Waals surface area contributed by atoms with Crippen LogP contribution in [-0.4, -0.2) is 13.1 Å². The van der Waals surface area contributed by atoms with Gasteiger partial charge in [-0.05, 0) is 73.7 Å². The summed E-state index contributed by atoms with van der Waals surface area (Å²) in [6.45, 7) is 1.36. The standard InChI is InChI=1S/C16H15Br2FN2/c17-13-4-2-11(7-14(13)18)16(9-20)21-6-5-10-1-3-12(19)8-15(10)21/h1-4,7-8,16H,5-6,9,20H2. The van der Waals surface area contributed by atoms with E-state index in [-0.39, 0.29) is 11.9 Å². The number of nitrogens with two attached hydrogens (primary N) is 1. The van der Waals surface area contributed by atoms with Crippen molar-refractivity contribution in [1.29, 1.82) is 0 Å². The van der Waals surface area contributed by atoms with E-state index in [2.05, 4.69) is 48.9 Å². The summed E-state index contributed by atoms with van der Waals surface area (Å²) in [4.78, 5) is 2.20. The molecule has 0 radical (unpaired) electrons. The normalized spacial score (nSPS) is 15.1. The fourth-order valence-electron chi connectivity index (χ4n) is 2.86. The molecule has 1 aliphatic heterocycles. The number of anilines is 1. The van der Waals surface area contributed by atoms with E-state index in [1.807, 2.05) is 12.1 Å². The molecule has 2 N–H and O–H groups in total. The zero-order chi connectivity index (χ0) is 15.0. The zero-order valence-electron chi connectivity index (χ0n) is 11.3. The number of fused-ring (bicyclic) bond motifs is 1. The molecule has 5 heteroatoms. The lowest BCUT2D eigenvalue weighted by Gasteiger charge is -2.30. The Labute approximate surface area is 140 Å². The quantitative estimate of drug-likeness (QED) is 0.807. The van der Waals surface area contributed by atoms with Crippen LogP contribution in [0.25, 0.3) is 0 Å². The molecule has 110 valence electrons. The van der Waals surface area contributed by atoms with Crippen LogP contribution in [0.3, 0.4) is 0 Å². The minimum absolute atomic E-state index is 0.0532. The molecule has 0 bridgehead atoms. The van der Waals surface area contributed by atoms with Gasteiger partial charge in [0.2, 0.25) is 0 Å². The molecule has 0 aliphatic carbocycles. The van der Waals surface area contributed by atoms with Crippen LogP contribution in [0.5, 0.6) is 0 Å². The highest BCUT2D eigenvalue weighted by Gasteiger charge is 2.27. The van der Waals surface area contributed by atoms with E-state index in [1.54, 1.807) is 6.07 Å². The van der Waals surface area contributed by atoms with E-state index in [4.69, 9.17) is 5.73 Å². The Balaban J connectivity index is 1.98. The van der Waals surface area contributed by atoms with Crippen molar-refractivity contribution >= 4 is 37.5 Å². The van der Waals surface area contributed by atoms with Gasteiger partial charge in [0.15, 0.2) is 0 Å². The predicted octanol–water partition coefficient (Wildman–Crippen LogP) is 4.41. The second-order valence-corrected chi connectivity index (χ2v) is 6.85. The van der Waals surface area contributed by atoms with Gasteiger partial charge in [-0.15, -0.1) is 0 Å². The van der Waals surface area contributed by atoms with Gasteiger partial charge in [-0.2, -0.15) is 0 Å². The molecule has 1 unspecified atom stereocenters. The molecule has 0 saturated carbocycles. The Kier molecular flexibility index (Phi) is 4.33. The first-order valence-electron chi connectivity index (χ1n) is 6.80. The van der Waals surface area contributed by atoms with Crippen molar-refractivity contribution in [3.8, 4) is 0 Å². The first-order chi connectivity index (χ1) is 10.1. The molecular formula is C16H15Br2FN2. The second kappa shape index (κ2) is 6.07. The zero-order valence-corrected chi connectivity index (χ0v) is 14.5. The minimum Gasteiger partial charge on any atom is -0.363 e. The molecule has 2 nitrogen and oxygen atoms in total. The van der Waals surface area contributed by atoms with Crippen molar-refractivity contribution in [2.24, 2.45) is 5.73 Å². The fraction of sp³-hybridized carbons (Fsp3) is 0.250. The van der Waals surface area contributed by atoms with Crippen LogP contribution in [0.4, 0.5) is 10.1 Å². The molecule has 1 aliphatic rings. The molecule has 0 amide bonds. The highest BCUT2D eigenvalue weighted by molar-refractivity contribution is 9.13. The largest absolute Gasteiger partial charge is 0.363 e. The lowest BCUT2D eigenvalue weighted by Crippen LogP contribution is -2.32. The number of benzene rings is 2. The third-order valence-electron chi connectivity index (χ3n) is 3.91. The molecule has 1 atom stereocenters. The van der Waals surface area contributed by atoms with Crippen LogP contribution < -0.4 is 10.6 Å². The van der Waals surface area contributed by atoms with Gasteiger partial charge < -0.3 is 10.6 Å². The number of nitrogens with zero attached hydrogens (tertiary/aromatic N) is 1. The summed E-state index contributed by atoms with van der Waals surface area (Å²) in [5.74, 6) is -0.201. The molecule has 0 fully saturated rings. The van der Waals surface area contributed by atoms with Crippen LogP contribution in [0.15, 0.2) is 45.3 Å². The summed E-state index contributed by atoms with van der Waals surface area (Å²) in [7, 11) is 0. The van der Waals surface area contributed by atoms with Crippen molar-refractivity contribution in [1.82, 2.24) is 0 Å². The van der Waals surface area contributed by atoms with Crippen molar-refractivity contribution in [3.05, 3.63) is 62.3 Å². The van der Waals surface area contributed by atoms with Crippen LogP contribution in [0.1, 0.15) is 17.2 Å². The monoisotopic (exact) mass is 412 g/mol. The molecule has 1 heterocycles. The van der Waals surface area contributed by atoms with Crippen molar-refractivity contribution < 1.29 is 4.39 Å². The molecule has 3 rings (SSSR count). The highest BCUT2D eigenvalue weighted by atomic mass is 79.9. The van der Waals surface area contributed by atoms with Gasteiger partial charge in [0.1, 0.15) is 5.82 Å². The predicted molar refractivity (Wildman–Crippen MR) is 91.1 cm³/mol. The van der Waals surface area contributed by atoms with Crippen LogP contribution in [0, 0.1) is 5.82 Å². The maximum absolute atomic E-state index is 13.6. The summed E-state index contributed by atoms with van der Waals surface area (Å²) < 4.78 is 15.6. The lowest BCUT2D eigenvalue weighted by molar-refractivity contribution is 0.621. The SMILES string of the molecule is NCC(c1ccc(Br)c(Br)c1)N1CCc2ccc(F)cc21. The van der Waals surface area contributed by atoms with Crippen molar-refractivity contribution in [2.75, 3.05) is 18.0 Å². The number of halogens is 3. The summed E-state index contributed by atoms with van der Waals surface area (Å²) >= 11 is 7.01. The Bertz CT molecular complexity index is 675. The van der Waals surface area contributed by atoms with Gasteiger partial charge in [-0.25, -0.2) is 4.39 Å². The smallest absolute Gasteiger partial charge is 0.125 e. The van der Waals surface area contributed by atoms with E-state index in [9.17, 15) is 4.39 Å². The Morgan fingerprint density at radius 3 is 2.67 bits per heavy atom. The van der Waals surface area contributed by atoms with Crippen LogP contribution >= 0.6 is 31.9 Å². The molecule has 2 aromatic rings. The molecule has 0 saturated heterocycles. The van der Waals surface area contributed by atoms with Gasteiger partial charge in [0.25, 0.3) is 0 Å². The summed E-state index contributed by atoms with van der Waals surface area (Å²) in [5.41, 5.74) is 9.28. The van der Waals surface area contributed by atoms with Crippen molar-refractivity contribution in [2.45, 2.75) is 12.5 Å². The number of rotatable bonds is 3. The fourth-order valence-corrected chi connectivity index (χ4v) is 3.51. The lowest BCUT2D eigenvalue weighted by atomic mass is 10.1. The first kappa shape index (κ1) is 15.0. The van der Waals surface area contributed by atoms with E-state index in [1.165, 1.54) is 11.6 Å². The van der Waals surface area contributed by atoms with Crippen LogP contribution in [-0.2, 0) is 6.42 Å². The summed E-state index contributed by atoms with van der Waals surface area (Å²) in [6, 6.07) is 11.2. The average molecular weight is 414 g/mol. The molecular weight excluding hydrogens is 399 g/mol. The van der Waals surface area contributed by atoms with Gasteiger partial charge in [-0.1, -0.05) is 12.1 Å². The van der Waals surface area contributed by atoms with E-state index < -0.39 is 0 Å². The summed E-state index contributed by atoms with van der Waals surface area (Å²) in [5, 5.41) is 0. The van der Waals surface area contributed by atoms with E-state index in [0.717, 1.165) is 33.2 Å². The second-order valence-electron chi connectivity index (χ2n) is 5.14.